The van der Waals surface area contributed by atoms with E-state index < -0.39 is 39.3 Å². The third-order valence-electron chi connectivity index (χ3n) is 2.49. The van der Waals surface area contributed by atoms with Gasteiger partial charge in [-0.05, 0) is 24.6 Å². The van der Waals surface area contributed by atoms with Crippen LogP contribution in [0.3, 0.4) is 0 Å². The molecule has 0 radical (unpaired) electrons. The molecule has 1 rings (SSSR count). The molecule has 108 valence electrons. The molecule has 5 nitrogen and oxygen atoms in total. The van der Waals surface area contributed by atoms with E-state index in [1.54, 1.807) is 6.92 Å². The van der Waals surface area contributed by atoms with Crippen LogP contribution >= 0.6 is 0 Å². The normalized spacial score (nSPS) is 13.5. The van der Waals surface area contributed by atoms with Crippen molar-refractivity contribution >= 4 is 10.0 Å². The first-order valence-electron chi connectivity index (χ1n) is 5.43. The highest BCUT2D eigenvalue weighted by Gasteiger charge is 2.23. The molecule has 2 N–H and O–H groups in total. The van der Waals surface area contributed by atoms with Crippen LogP contribution < -0.4 is 4.72 Å². The topological polar surface area (TPSA) is 75.6 Å². The summed E-state index contributed by atoms with van der Waals surface area (Å²) in [6.07, 6.45) is -0.413. The SMILES string of the molecule is COC(C)CNS(=O)(=O)c1cc(CO)cc(F)c1F. The van der Waals surface area contributed by atoms with Crippen LogP contribution in [0.4, 0.5) is 8.78 Å². The number of rotatable bonds is 6. The van der Waals surface area contributed by atoms with Crippen LogP contribution in [0, 0.1) is 11.6 Å². The minimum Gasteiger partial charge on any atom is -0.392 e. The molecule has 0 aliphatic heterocycles. The van der Waals surface area contributed by atoms with Crippen molar-refractivity contribution in [2.24, 2.45) is 0 Å². The Balaban J connectivity index is 3.10. The number of hydrogen-bond acceptors (Lipinski definition) is 4. The smallest absolute Gasteiger partial charge is 0.243 e. The molecule has 0 amide bonds. The van der Waals surface area contributed by atoms with Crippen LogP contribution in [0.2, 0.25) is 0 Å². The summed E-state index contributed by atoms with van der Waals surface area (Å²) in [4.78, 5) is -0.833. The van der Waals surface area contributed by atoms with E-state index in [-0.39, 0.29) is 12.1 Å². The molecule has 0 saturated carbocycles. The summed E-state index contributed by atoms with van der Waals surface area (Å²) in [5, 5.41) is 8.87. The molecule has 0 aromatic heterocycles. The fraction of sp³-hybridized carbons (Fsp3) is 0.455. The molecule has 1 unspecified atom stereocenters. The maximum atomic E-state index is 13.5. The summed E-state index contributed by atoms with van der Waals surface area (Å²) in [7, 11) is -2.81. The lowest BCUT2D eigenvalue weighted by Gasteiger charge is -2.12. The monoisotopic (exact) mass is 295 g/mol. The number of ether oxygens (including phenoxy) is 1. The molecule has 19 heavy (non-hydrogen) atoms. The van der Waals surface area contributed by atoms with Crippen LogP contribution in [-0.4, -0.2) is 33.3 Å². The Kier molecular flexibility index (Phi) is 5.36. The van der Waals surface area contributed by atoms with Gasteiger partial charge in [0, 0.05) is 13.7 Å². The highest BCUT2D eigenvalue weighted by molar-refractivity contribution is 7.89. The average Bonchev–Trinajstić information content (AvgIpc) is 2.38. The van der Waals surface area contributed by atoms with Gasteiger partial charge in [0.1, 0.15) is 4.90 Å². The van der Waals surface area contributed by atoms with Gasteiger partial charge < -0.3 is 9.84 Å². The Hall–Kier alpha value is -1.09. The van der Waals surface area contributed by atoms with Crippen molar-refractivity contribution in [3.63, 3.8) is 0 Å². The molecular formula is C11H15F2NO4S. The van der Waals surface area contributed by atoms with Gasteiger partial charge in [-0.1, -0.05) is 0 Å². The molecule has 0 heterocycles. The molecule has 8 heteroatoms. The van der Waals surface area contributed by atoms with E-state index in [4.69, 9.17) is 9.84 Å². The first-order valence-corrected chi connectivity index (χ1v) is 6.91. The number of hydrogen-bond donors (Lipinski definition) is 2. The van der Waals surface area contributed by atoms with Gasteiger partial charge in [0.05, 0.1) is 12.7 Å². The maximum absolute atomic E-state index is 13.5. The third-order valence-corrected chi connectivity index (χ3v) is 3.91. The van der Waals surface area contributed by atoms with Crippen molar-refractivity contribution in [2.75, 3.05) is 13.7 Å². The van der Waals surface area contributed by atoms with E-state index >= 15 is 0 Å². The quantitative estimate of drug-likeness (QED) is 0.813. The second-order valence-electron chi connectivity index (χ2n) is 3.95. The number of sulfonamides is 1. The fourth-order valence-electron chi connectivity index (χ4n) is 1.29. The number of nitrogens with one attached hydrogen (secondary N) is 1. The molecule has 1 aromatic carbocycles. The summed E-state index contributed by atoms with van der Waals surface area (Å²) in [5.74, 6) is -2.80. The van der Waals surface area contributed by atoms with Crippen LogP contribution in [0.15, 0.2) is 17.0 Å². The number of methoxy groups -OCH3 is 1. The van der Waals surface area contributed by atoms with Gasteiger partial charge >= 0.3 is 0 Å². The van der Waals surface area contributed by atoms with Gasteiger partial charge in [-0.2, -0.15) is 0 Å². The van der Waals surface area contributed by atoms with E-state index in [2.05, 4.69) is 4.72 Å². The van der Waals surface area contributed by atoms with Crippen molar-refractivity contribution in [3.05, 3.63) is 29.3 Å². The standard InChI is InChI=1S/C11H15F2NO4S/c1-7(18-2)5-14-19(16,17)10-4-8(6-15)3-9(12)11(10)13/h3-4,7,14-15H,5-6H2,1-2H3. The lowest BCUT2D eigenvalue weighted by Crippen LogP contribution is -2.32. The first-order chi connectivity index (χ1) is 8.81. The molecule has 0 spiro atoms. The summed E-state index contributed by atoms with van der Waals surface area (Å²) in [6.45, 7) is 0.945. The molecule has 0 aliphatic rings. The zero-order valence-electron chi connectivity index (χ0n) is 10.5. The zero-order valence-corrected chi connectivity index (χ0v) is 11.3. The van der Waals surface area contributed by atoms with Gasteiger partial charge in [-0.3, -0.25) is 0 Å². The Morgan fingerprint density at radius 2 is 2.05 bits per heavy atom. The average molecular weight is 295 g/mol. The van der Waals surface area contributed by atoms with Gasteiger partial charge in [0.15, 0.2) is 11.6 Å². The van der Waals surface area contributed by atoms with E-state index in [9.17, 15) is 17.2 Å². The van der Waals surface area contributed by atoms with Crippen LogP contribution in [0.5, 0.6) is 0 Å². The molecular weight excluding hydrogens is 280 g/mol. The Morgan fingerprint density at radius 3 is 2.58 bits per heavy atom. The predicted octanol–water partition coefficient (Wildman–Crippen LogP) is 0.770. The predicted molar refractivity (Wildman–Crippen MR) is 63.9 cm³/mol. The summed E-state index contributed by atoms with van der Waals surface area (Å²) in [6, 6.07) is 1.63. The number of benzene rings is 1. The van der Waals surface area contributed by atoms with Crippen molar-refractivity contribution in [1.82, 2.24) is 4.72 Å². The molecule has 0 fully saturated rings. The van der Waals surface area contributed by atoms with Crippen LogP contribution in [0.25, 0.3) is 0 Å². The molecule has 0 aliphatic carbocycles. The minimum atomic E-state index is -4.21. The number of aliphatic hydroxyl groups is 1. The largest absolute Gasteiger partial charge is 0.392 e. The van der Waals surface area contributed by atoms with Gasteiger partial charge in [0.2, 0.25) is 10.0 Å². The lowest BCUT2D eigenvalue weighted by atomic mass is 10.2. The second kappa shape index (κ2) is 6.38. The molecule has 0 saturated heterocycles. The fourth-order valence-corrected chi connectivity index (χ4v) is 2.54. The molecule has 1 aromatic rings. The summed E-state index contributed by atoms with van der Waals surface area (Å²) < 4.78 is 57.4. The van der Waals surface area contributed by atoms with Crippen molar-refractivity contribution in [3.8, 4) is 0 Å². The van der Waals surface area contributed by atoms with Crippen molar-refractivity contribution in [2.45, 2.75) is 24.5 Å². The molecule has 1 atom stereocenters. The third kappa shape index (κ3) is 3.93. The van der Waals surface area contributed by atoms with Crippen molar-refractivity contribution in [1.29, 1.82) is 0 Å². The molecule has 0 bridgehead atoms. The van der Waals surface area contributed by atoms with Crippen molar-refractivity contribution < 1.29 is 27.0 Å². The van der Waals surface area contributed by atoms with Crippen LogP contribution in [0.1, 0.15) is 12.5 Å². The van der Waals surface area contributed by atoms with Crippen LogP contribution in [-0.2, 0) is 21.4 Å². The summed E-state index contributed by atoms with van der Waals surface area (Å²) >= 11 is 0. The number of aliphatic hydroxyl groups excluding tert-OH is 1. The van der Waals surface area contributed by atoms with Gasteiger partial charge in [0.25, 0.3) is 0 Å². The van der Waals surface area contributed by atoms with E-state index in [1.807, 2.05) is 0 Å². The van der Waals surface area contributed by atoms with Gasteiger partial charge in [-0.25, -0.2) is 21.9 Å². The Bertz CT molecular complexity index is 548. The van der Waals surface area contributed by atoms with E-state index in [0.717, 1.165) is 12.1 Å². The summed E-state index contributed by atoms with van der Waals surface area (Å²) in [5.41, 5.74) is -0.0286. The zero-order chi connectivity index (χ0) is 14.6. The lowest BCUT2D eigenvalue weighted by molar-refractivity contribution is 0.122. The minimum absolute atomic E-state index is 0.0286. The Morgan fingerprint density at radius 1 is 1.42 bits per heavy atom. The van der Waals surface area contributed by atoms with Gasteiger partial charge in [-0.15, -0.1) is 0 Å². The highest BCUT2D eigenvalue weighted by atomic mass is 32.2. The Labute approximate surface area is 110 Å². The van der Waals surface area contributed by atoms with E-state index in [0.29, 0.717) is 0 Å². The highest BCUT2D eigenvalue weighted by Crippen LogP contribution is 2.19. The second-order valence-corrected chi connectivity index (χ2v) is 5.68. The van der Waals surface area contributed by atoms with E-state index in [1.165, 1.54) is 7.11 Å². The number of halogens is 2. The first kappa shape index (κ1) is 16.0. The maximum Gasteiger partial charge on any atom is 0.243 e.